The Balaban J connectivity index is 1.79. The van der Waals surface area contributed by atoms with Crippen LogP contribution in [0.1, 0.15) is 23.7 Å². The van der Waals surface area contributed by atoms with Crippen molar-refractivity contribution in [2.24, 2.45) is 0 Å². The SMILES string of the molecule is CCC(OCOc1ccccc1)OC(=O)c1ccccc1. The molecule has 0 fully saturated rings. The van der Waals surface area contributed by atoms with Crippen LogP contribution in [0.15, 0.2) is 60.7 Å². The highest BCUT2D eigenvalue weighted by atomic mass is 16.8. The van der Waals surface area contributed by atoms with E-state index in [4.69, 9.17) is 14.2 Å². The molecule has 1 unspecified atom stereocenters. The summed E-state index contributed by atoms with van der Waals surface area (Å²) >= 11 is 0. The van der Waals surface area contributed by atoms with Gasteiger partial charge in [0.1, 0.15) is 5.75 Å². The number of hydrogen-bond acceptors (Lipinski definition) is 4. The normalized spacial score (nSPS) is 11.7. The van der Waals surface area contributed by atoms with Crippen molar-refractivity contribution in [1.29, 1.82) is 0 Å². The number of carbonyl (C=O) groups is 1. The van der Waals surface area contributed by atoms with Gasteiger partial charge in [-0.1, -0.05) is 43.3 Å². The summed E-state index contributed by atoms with van der Waals surface area (Å²) < 4.78 is 16.1. The Hall–Kier alpha value is -2.33. The zero-order valence-corrected chi connectivity index (χ0v) is 11.9. The summed E-state index contributed by atoms with van der Waals surface area (Å²) in [6.07, 6.45) is -0.0714. The number of benzene rings is 2. The molecule has 4 heteroatoms. The first-order chi connectivity index (χ1) is 10.3. The lowest BCUT2D eigenvalue weighted by atomic mass is 10.2. The number of rotatable bonds is 7. The number of carbonyl (C=O) groups excluding carboxylic acids is 1. The predicted molar refractivity (Wildman–Crippen MR) is 79.0 cm³/mol. The molecule has 0 aliphatic carbocycles. The molecule has 2 aromatic rings. The maximum atomic E-state index is 11.9. The molecule has 2 aromatic carbocycles. The summed E-state index contributed by atoms with van der Waals surface area (Å²) in [5.41, 5.74) is 0.503. The molecule has 21 heavy (non-hydrogen) atoms. The molecule has 110 valence electrons. The first-order valence-electron chi connectivity index (χ1n) is 6.85. The van der Waals surface area contributed by atoms with E-state index in [1.807, 2.05) is 43.3 Å². The minimum absolute atomic E-state index is 0.0323. The largest absolute Gasteiger partial charge is 0.467 e. The Labute approximate surface area is 124 Å². The summed E-state index contributed by atoms with van der Waals surface area (Å²) in [5, 5.41) is 0. The van der Waals surface area contributed by atoms with Gasteiger partial charge in [0.05, 0.1) is 5.56 Å². The Morgan fingerprint density at radius 1 is 1.00 bits per heavy atom. The van der Waals surface area contributed by atoms with Crippen LogP contribution in [0.2, 0.25) is 0 Å². The van der Waals surface area contributed by atoms with Gasteiger partial charge >= 0.3 is 5.97 Å². The van der Waals surface area contributed by atoms with E-state index in [0.29, 0.717) is 17.7 Å². The molecule has 0 N–H and O–H groups in total. The third kappa shape index (κ3) is 4.93. The van der Waals surface area contributed by atoms with Crippen LogP contribution in [0.5, 0.6) is 5.75 Å². The molecule has 0 heterocycles. The van der Waals surface area contributed by atoms with E-state index in [2.05, 4.69) is 0 Å². The minimum atomic E-state index is -0.624. The molecule has 0 bridgehead atoms. The fourth-order valence-electron chi connectivity index (χ4n) is 1.69. The second-order valence-corrected chi connectivity index (χ2v) is 4.35. The number of hydrogen-bond donors (Lipinski definition) is 0. The maximum absolute atomic E-state index is 11.9. The van der Waals surface area contributed by atoms with Gasteiger partial charge in [-0.05, 0) is 24.3 Å². The molecule has 2 rings (SSSR count). The predicted octanol–water partition coefficient (Wildman–Crippen LogP) is 3.63. The highest BCUT2D eigenvalue weighted by molar-refractivity contribution is 5.89. The molecular weight excluding hydrogens is 268 g/mol. The zero-order chi connectivity index (χ0) is 14.9. The highest BCUT2D eigenvalue weighted by Gasteiger charge is 2.14. The van der Waals surface area contributed by atoms with Crippen LogP contribution in [0.4, 0.5) is 0 Å². The first-order valence-corrected chi connectivity index (χ1v) is 6.85. The van der Waals surface area contributed by atoms with Gasteiger partial charge < -0.3 is 14.2 Å². The molecule has 0 radical (unpaired) electrons. The van der Waals surface area contributed by atoms with Crippen LogP contribution in [0.25, 0.3) is 0 Å². The first kappa shape index (κ1) is 15.1. The summed E-state index contributed by atoms with van der Waals surface area (Å²) in [5.74, 6) is 0.309. The zero-order valence-electron chi connectivity index (χ0n) is 11.9. The van der Waals surface area contributed by atoms with Crippen LogP contribution in [0.3, 0.4) is 0 Å². The van der Waals surface area contributed by atoms with Gasteiger partial charge in [-0.3, -0.25) is 0 Å². The van der Waals surface area contributed by atoms with E-state index in [9.17, 15) is 4.79 Å². The fourth-order valence-corrected chi connectivity index (χ4v) is 1.69. The Kier molecular flexibility index (Phi) is 5.79. The Morgan fingerprint density at radius 3 is 2.24 bits per heavy atom. The second kappa shape index (κ2) is 8.07. The molecule has 0 saturated heterocycles. The van der Waals surface area contributed by atoms with Crippen LogP contribution in [0, 0.1) is 0 Å². The van der Waals surface area contributed by atoms with E-state index in [-0.39, 0.29) is 6.79 Å². The van der Waals surface area contributed by atoms with Crippen molar-refractivity contribution >= 4 is 5.97 Å². The lowest BCUT2D eigenvalue weighted by molar-refractivity contribution is -0.148. The number of esters is 1. The van der Waals surface area contributed by atoms with Crippen molar-refractivity contribution in [3.63, 3.8) is 0 Å². The van der Waals surface area contributed by atoms with Crippen LogP contribution >= 0.6 is 0 Å². The summed E-state index contributed by atoms with van der Waals surface area (Å²) in [4.78, 5) is 11.9. The van der Waals surface area contributed by atoms with Crippen molar-refractivity contribution in [2.75, 3.05) is 6.79 Å². The Bertz CT molecular complexity index is 539. The molecule has 0 spiro atoms. The van der Waals surface area contributed by atoms with E-state index in [1.165, 1.54) is 0 Å². The maximum Gasteiger partial charge on any atom is 0.340 e. The molecule has 0 amide bonds. The molecular formula is C17H18O4. The van der Waals surface area contributed by atoms with E-state index < -0.39 is 12.3 Å². The third-order valence-electron chi connectivity index (χ3n) is 2.80. The highest BCUT2D eigenvalue weighted by Crippen LogP contribution is 2.11. The number of para-hydroxylation sites is 1. The quantitative estimate of drug-likeness (QED) is 0.576. The van der Waals surface area contributed by atoms with Gasteiger partial charge in [0.2, 0.25) is 6.29 Å². The molecule has 4 nitrogen and oxygen atoms in total. The summed E-state index contributed by atoms with van der Waals surface area (Å²) in [6.45, 7) is 1.91. The van der Waals surface area contributed by atoms with Crippen molar-refractivity contribution in [2.45, 2.75) is 19.6 Å². The van der Waals surface area contributed by atoms with Crippen LogP contribution < -0.4 is 4.74 Å². The number of ether oxygens (including phenoxy) is 3. The van der Waals surface area contributed by atoms with Gasteiger partial charge in [0, 0.05) is 6.42 Å². The molecule has 0 saturated carbocycles. The standard InChI is InChI=1S/C17H18O4/c1-2-16(20-13-19-15-11-7-4-8-12-15)21-17(18)14-9-5-3-6-10-14/h3-12,16H,2,13H2,1H3. The third-order valence-corrected chi connectivity index (χ3v) is 2.80. The van der Waals surface area contributed by atoms with Crippen LogP contribution in [-0.2, 0) is 9.47 Å². The topological polar surface area (TPSA) is 44.8 Å². The molecule has 0 aromatic heterocycles. The van der Waals surface area contributed by atoms with Gasteiger partial charge in [-0.2, -0.15) is 0 Å². The van der Waals surface area contributed by atoms with E-state index in [1.54, 1.807) is 24.3 Å². The lowest BCUT2D eigenvalue weighted by Gasteiger charge is -2.17. The lowest BCUT2D eigenvalue weighted by Crippen LogP contribution is -2.22. The molecule has 1 atom stereocenters. The van der Waals surface area contributed by atoms with Crippen molar-refractivity contribution in [1.82, 2.24) is 0 Å². The van der Waals surface area contributed by atoms with Gasteiger partial charge in [-0.15, -0.1) is 0 Å². The average Bonchev–Trinajstić information content (AvgIpc) is 2.55. The second-order valence-electron chi connectivity index (χ2n) is 4.35. The van der Waals surface area contributed by atoms with E-state index >= 15 is 0 Å². The molecule has 0 aliphatic rings. The van der Waals surface area contributed by atoms with E-state index in [0.717, 1.165) is 0 Å². The smallest absolute Gasteiger partial charge is 0.340 e. The minimum Gasteiger partial charge on any atom is -0.467 e. The van der Waals surface area contributed by atoms with Crippen molar-refractivity contribution in [3.05, 3.63) is 66.2 Å². The van der Waals surface area contributed by atoms with Gasteiger partial charge in [0.15, 0.2) is 6.79 Å². The summed E-state index contributed by atoms with van der Waals surface area (Å²) in [7, 11) is 0. The fraction of sp³-hybridized carbons (Fsp3) is 0.235. The van der Waals surface area contributed by atoms with Crippen molar-refractivity contribution < 1.29 is 19.0 Å². The van der Waals surface area contributed by atoms with Gasteiger partial charge in [-0.25, -0.2) is 4.79 Å². The molecule has 0 aliphatic heterocycles. The summed E-state index contributed by atoms with van der Waals surface area (Å²) in [6, 6.07) is 18.2. The average molecular weight is 286 g/mol. The monoisotopic (exact) mass is 286 g/mol. The Morgan fingerprint density at radius 2 is 1.62 bits per heavy atom. The van der Waals surface area contributed by atoms with Crippen molar-refractivity contribution in [3.8, 4) is 5.75 Å². The van der Waals surface area contributed by atoms with Crippen LogP contribution in [-0.4, -0.2) is 19.1 Å². The van der Waals surface area contributed by atoms with Gasteiger partial charge in [0.25, 0.3) is 0 Å².